The van der Waals surface area contributed by atoms with Gasteiger partial charge in [-0.2, -0.15) is 0 Å². The van der Waals surface area contributed by atoms with Crippen LogP contribution < -0.4 is 5.32 Å². The van der Waals surface area contributed by atoms with Crippen LogP contribution in [0.4, 0.5) is 0 Å². The van der Waals surface area contributed by atoms with Gasteiger partial charge in [0.15, 0.2) is 0 Å². The molecule has 0 aliphatic carbocycles. The van der Waals surface area contributed by atoms with Crippen molar-refractivity contribution < 1.29 is 14.6 Å². The van der Waals surface area contributed by atoms with Crippen LogP contribution in [-0.4, -0.2) is 60.9 Å². The lowest BCUT2D eigenvalue weighted by Crippen LogP contribution is -2.46. The predicted molar refractivity (Wildman–Crippen MR) is 65.8 cm³/mol. The molecule has 0 aromatic heterocycles. The van der Waals surface area contributed by atoms with Crippen LogP contribution in [0.5, 0.6) is 0 Å². The Balaban J connectivity index is 2.23. The summed E-state index contributed by atoms with van der Waals surface area (Å²) in [6.07, 6.45) is 1.78. The van der Waals surface area contributed by atoms with Crippen LogP contribution in [0, 0.1) is 0 Å². The maximum absolute atomic E-state index is 11.7. The first kappa shape index (κ1) is 14.4. The fraction of sp³-hybridized carbons (Fsp3) is 0.917. The number of ether oxygens (including phenoxy) is 1. The average Bonchev–Trinajstić information content (AvgIpc) is 2.15. The Morgan fingerprint density at radius 3 is 2.59 bits per heavy atom. The van der Waals surface area contributed by atoms with Gasteiger partial charge in [-0.1, -0.05) is 0 Å². The minimum absolute atomic E-state index is 0.0173. The number of nitrogens with zero attached hydrogens (tertiary/aromatic N) is 1. The normalized spacial score (nSPS) is 18.4. The van der Waals surface area contributed by atoms with Crippen molar-refractivity contribution in [3.8, 4) is 0 Å². The van der Waals surface area contributed by atoms with Crippen molar-refractivity contribution in [2.75, 3.05) is 33.4 Å². The molecule has 0 aromatic carbocycles. The summed E-state index contributed by atoms with van der Waals surface area (Å²) in [7, 11) is 1.83. The predicted octanol–water partition coefficient (Wildman–Crippen LogP) is -0.0157. The molecule has 5 heteroatoms. The molecule has 100 valence electrons. The summed E-state index contributed by atoms with van der Waals surface area (Å²) < 4.78 is 5.23. The molecule has 0 bridgehead atoms. The summed E-state index contributed by atoms with van der Waals surface area (Å²) in [6, 6.07) is 0.242. The lowest BCUT2D eigenvalue weighted by Gasteiger charge is -2.27. The third-order valence-electron chi connectivity index (χ3n) is 2.66. The molecule has 1 aliphatic rings. The van der Waals surface area contributed by atoms with E-state index in [2.05, 4.69) is 5.32 Å². The maximum atomic E-state index is 11.7. The molecule has 1 fully saturated rings. The standard InChI is InChI=1S/C12H24N2O3/c1-12(2,16)9-14(3)8-11(15)13-10-4-6-17-7-5-10/h10,16H,4-9H2,1-3H3,(H,13,15). The quantitative estimate of drug-likeness (QED) is 0.714. The SMILES string of the molecule is CN(CC(=O)NC1CCOCC1)CC(C)(C)O. The number of hydrogen-bond acceptors (Lipinski definition) is 4. The molecule has 0 spiro atoms. The van der Waals surface area contributed by atoms with E-state index in [9.17, 15) is 9.90 Å². The van der Waals surface area contributed by atoms with Crippen molar-refractivity contribution in [2.24, 2.45) is 0 Å². The Labute approximate surface area is 103 Å². The molecule has 1 aliphatic heterocycles. The highest BCUT2D eigenvalue weighted by Crippen LogP contribution is 2.06. The average molecular weight is 244 g/mol. The molecule has 5 nitrogen and oxygen atoms in total. The van der Waals surface area contributed by atoms with E-state index in [4.69, 9.17) is 4.74 Å². The lowest BCUT2D eigenvalue weighted by molar-refractivity contribution is -0.123. The van der Waals surface area contributed by atoms with Gasteiger partial charge in [0.1, 0.15) is 0 Å². The van der Waals surface area contributed by atoms with Crippen molar-refractivity contribution >= 4 is 5.91 Å². The Bertz CT molecular complexity index is 245. The fourth-order valence-corrected chi connectivity index (χ4v) is 2.08. The zero-order valence-electron chi connectivity index (χ0n) is 11.0. The first-order chi connectivity index (χ1) is 7.87. The molecule has 17 heavy (non-hydrogen) atoms. The molecular formula is C12H24N2O3. The van der Waals surface area contributed by atoms with Crippen LogP contribution in [0.25, 0.3) is 0 Å². The highest BCUT2D eigenvalue weighted by molar-refractivity contribution is 5.78. The van der Waals surface area contributed by atoms with Gasteiger partial charge in [0.25, 0.3) is 0 Å². The molecule has 0 radical (unpaired) electrons. The Morgan fingerprint density at radius 1 is 1.47 bits per heavy atom. The highest BCUT2D eigenvalue weighted by atomic mass is 16.5. The second-order valence-electron chi connectivity index (χ2n) is 5.44. The molecule has 2 N–H and O–H groups in total. The van der Waals surface area contributed by atoms with Crippen LogP contribution >= 0.6 is 0 Å². The van der Waals surface area contributed by atoms with Gasteiger partial charge in [0.2, 0.25) is 5.91 Å². The summed E-state index contributed by atoms with van der Waals surface area (Å²) in [5, 5.41) is 12.6. The zero-order valence-corrected chi connectivity index (χ0v) is 11.0. The van der Waals surface area contributed by atoms with Gasteiger partial charge in [-0.05, 0) is 33.7 Å². The summed E-state index contributed by atoms with van der Waals surface area (Å²) in [4.78, 5) is 13.6. The molecule has 0 saturated carbocycles. The number of amides is 1. The summed E-state index contributed by atoms with van der Waals surface area (Å²) in [5.41, 5.74) is -0.770. The second kappa shape index (κ2) is 6.33. The van der Waals surface area contributed by atoms with Gasteiger partial charge < -0.3 is 15.2 Å². The maximum Gasteiger partial charge on any atom is 0.234 e. The van der Waals surface area contributed by atoms with Gasteiger partial charge in [0.05, 0.1) is 12.1 Å². The third-order valence-corrected chi connectivity index (χ3v) is 2.66. The van der Waals surface area contributed by atoms with Crippen LogP contribution in [0.15, 0.2) is 0 Å². The molecule has 0 atom stereocenters. The van der Waals surface area contributed by atoms with Crippen LogP contribution in [0.3, 0.4) is 0 Å². The van der Waals surface area contributed by atoms with Crippen molar-refractivity contribution in [2.45, 2.75) is 38.3 Å². The lowest BCUT2D eigenvalue weighted by atomic mass is 10.1. The van der Waals surface area contributed by atoms with E-state index in [1.165, 1.54) is 0 Å². The minimum atomic E-state index is -0.770. The van der Waals surface area contributed by atoms with Gasteiger partial charge in [-0.15, -0.1) is 0 Å². The number of carbonyl (C=O) groups excluding carboxylic acids is 1. The van der Waals surface area contributed by atoms with E-state index < -0.39 is 5.60 Å². The molecule has 1 heterocycles. The van der Waals surface area contributed by atoms with Gasteiger partial charge in [-0.3, -0.25) is 9.69 Å². The van der Waals surface area contributed by atoms with E-state index in [-0.39, 0.29) is 11.9 Å². The van der Waals surface area contributed by atoms with Crippen molar-refractivity contribution in [1.82, 2.24) is 10.2 Å². The molecule has 0 unspecified atom stereocenters. The molecule has 1 amide bonds. The number of rotatable bonds is 5. The first-order valence-corrected chi connectivity index (χ1v) is 6.15. The van der Waals surface area contributed by atoms with Crippen molar-refractivity contribution in [3.05, 3.63) is 0 Å². The van der Waals surface area contributed by atoms with Gasteiger partial charge in [-0.25, -0.2) is 0 Å². The van der Waals surface area contributed by atoms with E-state index in [0.717, 1.165) is 26.1 Å². The second-order valence-corrected chi connectivity index (χ2v) is 5.44. The monoisotopic (exact) mass is 244 g/mol. The van der Waals surface area contributed by atoms with Crippen LogP contribution in [-0.2, 0) is 9.53 Å². The van der Waals surface area contributed by atoms with E-state index in [1.54, 1.807) is 13.8 Å². The minimum Gasteiger partial charge on any atom is -0.389 e. The number of aliphatic hydroxyl groups is 1. The largest absolute Gasteiger partial charge is 0.389 e. The van der Waals surface area contributed by atoms with Crippen molar-refractivity contribution in [1.29, 1.82) is 0 Å². The molecular weight excluding hydrogens is 220 g/mol. The first-order valence-electron chi connectivity index (χ1n) is 6.15. The smallest absolute Gasteiger partial charge is 0.234 e. The van der Waals surface area contributed by atoms with Gasteiger partial charge in [0, 0.05) is 25.8 Å². The number of nitrogens with one attached hydrogen (secondary N) is 1. The molecule has 1 rings (SSSR count). The van der Waals surface area contributed by atoms with E-state index in [0.29, 0.717) is 13.1 Å². The summed E-state index contributed by atoms with van der Waals surface area (Å²) in [6.45, 7) is 5.73. The summed E-state index contributed by atoms with van der Waals surface area (Å²) >= 11 is 0. The Morgan fingerprint density at radius 2 is 2.06 bits per heavy atom. The van der Waals surface area contributed by atoms with Gasteiger partial charge >= 0.3 is 0 Å². The van der Waals surface area contributed by atoms with E-state index in [1.807, 2.05) is 11.9 Å². The molecule has 0 aromatic rings. The number of hydrogen-bond donors (Lipinski definition) is 2. The van der Waals surface area contributed by atoms with Crippen LogP contribution in [0.2, 0.25) is 0 Å². The summed E-state index contributed by atoms with van der Waals surface area (Å²) in [5.74, 6) is 0.0173. The topological polar surface area (TPSA) is 61.8 Å². The molecule has 1 saturated heterocycles. The Hall–Kier alpha value is -0.650. The van der Waals surface area contributed by atoms with Crippen LogP contribution in [0.1, 0.15) is 26.7 Å². The highest BCUT2D eigenvalue weighted by Gasteiger charge is 2.20. The van der Waals surface area contributed by atoms with E-state index >= 15 is 0 Å². The third kappa shape index (κ3) is 6.61. The van der Waals surface area contributed by atoms with Crippen molar-refractivity contribution in [3.63, 3.8) is 0 Å². The number of likely N-dealkylation sites (N-methyl/N-ethyl adjacent to an activating group) is 1. The zero-order chi connectivity index (χ0) is 12.9. The Kier molecular flexibility index (Phi) is 5.36. The fourth-order valence-electron chi connectivity index (χ4n) is 2.08. The number of carbonyl (C=O) groups is 1.